The molecule has 1 aliphatic carbocycles. The van der Waals surface area contributed by atoms with E-state index in [2.05, 4.69) is 115 Å². The fraction of sp³-hybridized carbons (Fsp3) is 0. The predicted molar refractivity (Wildman–Crippen MR) is 234 cm³/mol. The summed E-state index contributed by atoms with van der Waals surface area (Å²) < 4.78 is 1.74. The first-order valence-corrected chi connectivity index (χ1v) is 18.5. The van der Waals surface area contributed by atoms with Crippen molar-refractivity contribution in [3.05, 3.63) is 152 Å². The topological polar surface area (TPSA) is 58.3 Å². The van der Waals surface area contributed by atoms with Gasteiger partial charge in [0.1, 0.15) is 29.4 Å². The van der Waals surface area contributed by atoms with E-state index in [0.717, 1.165) is 38.2 Å². The number of rotatable bonds is 4. The normalized spacial score (nSPS) is 11.9. The Kier molecular flexibility index (Phi) is 6.96. The maximum absolute atomic E-state index is 11.3. The molecule has 10 aromatic rings. The number of para-hydroxylation sites is 2. The third-order valence-corrected chi connectivity index (χ3v) is 11.5. The molecular formula is C49H27B3N2O2. The van der Waals surface area contributed by atoms with E-state index in [0.29, 0.717) is 16.9 Å². The van der Waals surface area contributed by atoms with Gasteiger partial charge < -0.3 is 10.2 Å². The molecule has 0 aliphatic heterocycles. The third kappa shape index (κ3) is 4.43. The summed E-state index contributed by atoms with van der Waals surface area (Å²) in [4.78, 5) is 5.04. The number of nitrogens with zero attached hydrogens (tertiary/aromatic N) is 2. The summed E-state index contributed by atoms with van der Waals surface area (Å²) in [6.07, 6.45) is 0. The Morgan fingerprint density at radius 3 is 1.68 bits per heavy atom. The van der Waals surface area contributed by atoms with Crippen molar-refractivity contribution in [1.82, 2.24) is 9.55 Å². The predicted octanol–water partition coefficient (Wildman–Crippen LogP) is 8.93. The summed E-state index contributed by atoms with van der Waals surface area (Å²) >= 11 is 0. The molecule has 0 fully saturated rings. The molecule has 254 valence electrons. The van der Waals surface area contributed by atoms with E-state index in [9.17, 15) is 10.2 Å². The van der Waals surface area contributed by atoms with Crippen molar-refractivity contribution in [2.75, 3.05) is 0 Å². The Morgan fingerprint density at radius 2 is 0.964 bits per heavy atom. The molecule has 0 spiro atoms. The van der Waals surface area contributed by atoms with Gasteiger partial charge >= 0.3 is 0 Å². The van der Waals surface area contributed by atoms with Crippen LogP contribution in [0.15, 0.2) is 152 Å². The summed E-state index contributed by atoms with van der Waals surface area (Å²) in [5, 5.41) is 29.2. The highest BCUT2D eigenvalue weighted by molar-refractivity contribution is 6.59. The van der Waals surface area contributed by atoms with Gasteiger partial charge in [-0.3, -0.25) is 4.57 Å². The van der Waals surface area contributed by atoms with Gasteiger partial charge in [-0.15, -0.1) is 5.46 Å². The fourth-order valence-electron chi connectivity index (χ4n) is 9.01. The highest BCUT2D eigenvalue weighted by Crippen LogP contribution is 2.52. The second-order valence-electron chi connectivity index (χ2n) is 14.4. The van der Waals surface area contributed by atoms with Gasteiger partial charge in [0.05, 0.1) is 16.7 Å². The van der Waals surface area contributed by atoms with E-state index in [1.54, 1.807) is 4.57 Å². The van der Waals surface area contributed by atoms with Gasteiger partial charge in [-0.25, -0.2) is 4.98 Å². The molecular weight excluding hydrogens is 681 g/mol. The molecule has 9 aromatic carbocycles. The van der Waals surface area contributed by atoms with Crippen molar-refractivity contribution in [1.29, 1.82) is 0 Å². The van der Waals surface area contributed by atoms with Gasteiger partial charge in [0, 0.05) is 5.56 Å². The largest absolute Gasteiger partial charge is 0.505 e. The first-order chi connectivity index (χ1) is 27.4. The number of benzene rings is 9. The molecule has 4 nitrogen and oxygen atoms in total. The average Bonchev–Trinajstić information content (AvgIpc) is 3.79. The molecule has 7 heteroatoms. The van der Waals surface area contributed by atoms with Crippen molar-refractivity contribution < 1.29 is 10.2 Å². The average molecular weight is 708 g/mol. The van der Waals surface area contributed by atoms with E-state index < -0.39 is 11.5 Å². The third-order valence-electron chi connectivity index (χ3n) is 11.5. The lowest BCUT2D eigenvalue weighted by molar-refractivity contribution is 0.406. The molecule has 0 atom stereocenters. The van der Waals surface area contributed by atoms with E-state index >= 15 is 0 Å². The summed E-state index contributed by atoms with van der Waals surface area (Å²) in [5.74, 6) is -0.501. The SMILES string of the molecule is [B]c1c([B])c(O)c(O)c(-n2c(-c3cccc(-c4c5ccccc5c(-c5ccc6c7c(cccc57)-c5ccccc5-6)c5ccccc45)c3)nc3ccccc32)c1[B]. The highest BCUT2D eigenvalue weighted by Gasteiger charge is 2.26. The highest BCUT2D eigenvalue weighted by atomic mass is 16.3. The van der Waals surface area contributed by atoms with Crippen LogP contribution in [-0.4, -0.2) is 43.3 Å². The van der Waals surface area contributed by atoms with Crippen LogP contribution in [0, 0.1) is 0 Å². The van der Waals surface area contributed by atoms with Crippen molar-refractivity contribution in [3.63, 3.8) is 0 Å². The van der Waals surface area contributed by atoms with Crippen molar-refractivity contribution in [3.8, 4) is 73.1 Å². The lowest BCUT2D eigenvalue weighted by Gasteiger charge is -2.21. The monoisotopic (exact) mass is 708 g/mol. The molecule has 2 N–H and O–H groups in total. The minimum Gasteiger partial charge on any atom is -0.505 e. The van der Waals surface area contributed by atoms with Gasteiger partial charge in [-0.05, 0) is 95.0 Å². The Labute approximate surface area is 326 Å². The number of phenolic OH excluding ortho intramolecular Hbond substituents is 2. The van der Waals surface area contributed by atoms with Crippen molar-refractivity contribution in [2.24, 2.45) is 0 Å². The number of hydrogen-bond donors (Lipinski definition) is 2. The van der Waals surface area contributed by atoms with E-state index in [4.69, 9.17) is 28.5 Å². The quantitative estimate of drug-likeness (QED) is 0.109. The Hall–Kier alpha value is -6.98. The molecule has 56 heavy (non-hydrogen) atoms. The number of fused-ring (bicyclic) bond motifs is 6. The summed E-state index contributed by atoms with van der Waals surface area (Å²) in [7, 11) is 18.8. The van der Waals surface area contributed by atoms with E-state index in [1.165, 1.54) is 44.2 Å². The minimum atomic E-state index is -0.535. The first-order valence-electron chi connectivity index (χ1n) is 18.5. The summed E-state index contributed by atoms with van der Waals surface area (Å²) in [5.41, 5.74) is 11.7. The van der Waals surface area contributed by atoms with Gasteiger partial charge in [-0.1, -0.05) is 144 Å². The molecule has 0 amide bonds. The molecule has 0 unspecified atom stereocenters. The van der Waals surface area contributed by atoms with Crippen LogP contribution in [0.1, 0.15) is 0 Å². The second-order valence-corrected chi connectivity index (χ2v) is 14.4. The van der Waals surface area contributed by atoms with E-state index in [1.807, 2.05) is 36.4 Å². The molecule has 0 saturated heterocycles. The maximum Gasteiger partial charge on any atom is 0.180 e. The van der Waals surface area contributed by atoms with Crippen LogP contribution < -0.4 is 16.4 Å². The first kappa shape index (κ1) is 32.5. The van der Waals surface area contributed by atoms with Crippen LogP contribution >= 0.6 is 0 Å². The standard InChI is InChI=1S/C49H27B3N2O2/c50-43-44(51)46(48(56)47(55)45(43)52)54-39-22-8-7-21-38(39)53-49(54)27-12-9-11-26(25-27)40-31-15-3-5-17-33(31)42(34-18-6-4-16-32(34)40)37-24-23-36-29-14-2-1-13-28(29)30-19-10-20-35(37)41(30)36/h1-25,55-56H. The van der Waals surface area contributed by atoms with Gasteiger partial charge in [0.25, 0.3) is 0 Å². The van der Waals surface area contributed by atoms with Gasteiger partial charge in [0.2, 0.25) is 0 Å². The van der Waals surface area contributed by atoms with Crippen LogP contribution in [0.2, 0.25) is 0 Å². The molecule has 1 aromatic heterocycles. The second kappa shape index (κ2) is 12.0. The van der Waals surface area contributed by atoms with Crippen LogP contribution in [-0.2, 0) is 0 Å². The lowest BCUT2D eigenvalue weighted by Crippen LogP contribution is -2.41. The molecule has 11 rings (SSSR count). The van der Waals surface area contributed by atoms with Crippen LogP contribution in [0.4, 0.5) is 0 Å². The Balaban J connectivity index is 1.17. The minimum absolute atomic E-state index is 0.0180. The van der Waals surface area contributed by atoms with Crippen LogP contribution in [0.25, 0.3) is 105 Å². The number of aromatic hydroxyl groups is 2. The molecule has 0 bridgehead atoms. The Bertz CT molecular complexity index is 3220. The molecule has 1 heterocycles. The summed E-state index contributed by atoms with van der Waals surface area (Å²) in [6.45, 7) is 0. The van der Waals surface area contributed by atoms with Crippen molar-refractivity contribution >= 4 is 83.3 Å². The smallest absolute Gasteiger partial charge is 0.180 e. The fourth-order valence-corrected chi connectivity index (χ4v) is 9.01. The number of phenols is 2. The zero-order valence-corrected chi connectivity index (χ0v) is 30.0. The number of hydrogen-bond acceptors (Lipinski definition) is 3. The number of aromatic nitrogens is 2. The maximum atomic E-state index is 11.3. The zero-order valence-electron chi connectivity index (χ0n) is 30.0. The van der Waals surface area contributed by atoms with Gasteiger partial charge in [-0.2, -0.15) is 0 Å². The van der Waals surface area contributed by atoms with E-state index in [-0.39, 0.29) is 22.1 Å². The molecule has 1 aliphatic rings. The van der Waals surface area contributed by atoms with Crippen LogP contribution in [0.3, 0.4) is 0 Å². The lowest BCUT2D eigenvalue weighted by atomic mass is 9.70. The van der Waals surface area contributed by atoms with Crippen LogP contribution in [0.5, 0.6) is 11.5 Å². The summed E-state index contributed by atoms with van der Waals surface area (Å²) in [6, 6.07) is 53.1. The molecule has 0 saturated carbocycles. The van der Waals surface area contributed by atoms with Crippen molar-refractivity contribution in [2.45, 2.75) is 0 Å². The molecule has 6 radical (unpaired) electrons. The van der Waals surface area contributed by atoms with Gasteiger partial charge in [0.15, 0.2) is 11.5 Å². The Morgan fingerprint density at radius 1 is 0.429 bits per heavy atom. The zero-order chi connectivity index (χ0) is 37.8. The number of imidazole rings is 1.